The zero-order chi connectivity index (χ0) is 38.3. The maximum absolute atomic E-state index is 12.1. The van der Waals surface area contributed by atoms with Crippen LogP contribution in [0.5, 0.6) is 0 Å². The molecule has 1 heterocycles. The molecule has 0 unspecified atom stereocenters. The first-order chi connectivity index (χ1) is 23.6. The van der Waals surface area contributed by atoms with Gasteiger partial charge in [0, 0.05) is 57.4 Å². The molecule has 0 spiro atoms. The van der Waals surface area contributed by atoms with Crippen LogP contribution in [-0.2, 0) is 19.1 Å². The van der Waals surface area contributed by atoms with Gasteiger partial charge >= 0.3 is 11.9 Å². The third kappa shape index (κ3) is 35.2. The summed E-state index contributed by atoms with van der Waals surface area (Å²) < 4.78 is 10.8. The molecule has 0 atom stereocenters. The van der Waals surface area contributed by atoms with E-state index in [1.54, 1.807) is 0 Å². The Morgan fingerprint density at radius 1 is 0.560 bits per heavy atom. The average molecular weight is 713 g/mol. The van der Waals surface area contributed by atoms with Crippen LogP contribution in [0, 0.1) is 11.8 Å². The fourth-order valence-electron chi connectivity index (χ4n) is 5.32. The van der Waals surface area contributed by atoms with Crippen LogP contribution < -0.4 is 0 Å². The Balaban J connectivity index is 0. The molecule has 0 bridgehead atoms. The van der Waals surface area contributed by atoms with Gasteiger partial charge in [-0.05, 0) is 87.4 Å². The first-order valence-corrected chi connectivity index (χ1v) is 20.7. The normalized spacial score (nSPS) is 14.1. The monoisotopic (exact) mass is 713 g/mol. The smallest absolute Gasteiger partial charge is 0.307 e. The molecular weight excluding hydrogens is 624 g/mol. The first kappa shape index (κ1) is 50.9. The van der Waals surface area contributed by atoms with Crippen LogP contribution >= 0.6 is 0 Å². The van der Waals surface area contributed by atoms with Crippen LogP contribution in [-0.4, -0.2) is 123 Å². The van der Waals surface area contributed by atoms with Crippen molar-refractivity contribution in [2.75, 3.05) is 73.6 Å². The van der Waals surface area contributed by atoms with Crippen molar-refractivity contribution in [3.63, 3.8) is 0 Å². The van der Waals surface area contributed by atoms with E-state index in [2.05, 4.69) is 110 Å². The van der Waals surface area contributed by atoms with Crippen LogP contribution in [0.4, 0.5) is 0 Å². The third-order valence-corrected chi connectivity index (χ3v) is 9.62. The van der Waals surface area contributed by atoms with E-state index in [1.807, 2.05) is 0 Å². The molecule has 0 saturated carbocycles. The summed E-state index contributed by atoms with van der Waals surface area (Å²) in [6.45, 7) is 29.4. The number of nitrogens with zero attached hydrogens (tertiary/aromatic N) is 4. The fourth-order valence-corrected chi connectivity index (χ4v) is 5.32. The number of piperazine rings is 1. The predicted octanol–water partition coefficient (Wildman–Crippen LogP) is 9.16. The van der Waals surface area contributed by atoms with Crippen LogP contribution in [0.2, 0.25) is 0 Å². The van der Waals surface area contributed by atoms with Gasteiger partial charge in [-0.2, -0.15) is 0 Å². The molecule has 0 aromatic heterocycles. The van der Waals surface area contributed by atoms with Gasteiger partial charge in [0.1, 0.15) is 0 Å². The molecule has 0 aliphatic carbocycles. The van der Waals surface area contributed by atoms with E-state index in [4.69, 9.17) is 9.47 Å². The summed E-state index contributed by atoms with van der Waals surface area (Å²) >= 11 is 0. The lowest BCUT2D eigenvalue weighted by atomic mass is 10.0. The lowest BCUT2D eigenvalue weighted by Crippen LogP contribution is -2.47. The number of likely N-dealkylation sites (N-methyl/N-ethyl adjacent to an activating group) is 1. The van der Waals surface area contributed by atoms with E-state index < -0.39 is 0 Å². The highest BCUT2D eigenvalue weighted by Gasteiger charge is 2.16. The minimum absolute atomic E-state index is 0.138. The number of rotatable bonds is 25. The Hall–Kier alpha value is -1.22. The minimum atomic E-state index is -0.138. The van der Waals surface area contributed by atoms with Crippen molar-refractivity contribution in [2.24, 2.45) is 11.8 Å². The van der Waals surface area contributed by atoms with Crippen LogP contribution in [0.25, 0.3) is 0 Å². The molecule has 50 heavy (non-hydrogen) atoms. The van der Waals surface area contributed by atoms with Gasteiger partial charge in [0.2, 0.25) is 0 Å². The highest BCUT2D eigenvalue weighted by Crippen LogP contribution is 2.12. The summed E-state index contributed by atoms with van der Waals surface area (Å²) in [6.07, 6.45) is 15.1. The molecule has 0 aromatic carbocycles. The van der Waals surface area contributed by atoms with E-state index in [1.165, 1.54) is 77.5 Å². The van der Waals surface area contributed by atoms with Crippen molar-refractivity contribution in [2.45, 2.75) is 177 Å². The van der Waals surface area contributed by atoms with Gasteiger partial charge in [-0.15, -0.1) is 0 Å². The molecule has 1 aliphatic rings. The summed E-state index contributed by atoms with van der Waals surface area (Å²) in [6, 6.07) is 1.69. The molecule has 1 aliphatic heterocycles. The molecule has 0 radical (unpaired) electrons. The number of ether oxygens (including phenoxy) is 2. The summed E-state index contributed by atoms with van der Waals surface area (Å²) in [5, 5.41) is 0. The standard InChI is InChI=1S/C29H57NO4.C8H18N2.C5H13N/c1-25(2)17-13-9-7-11-15-23-33-28(31)19-21-30(27(5)6)22-20-29(32)34-24-16-12-8-10-14-18-26(3)4;1-8(2)10-6-4-9(3)5-7-10;1-5(2)6(3)4/h25-27H,7-24H2,1-6H3;8H,4-7H2,1-3H3;5H,1-4H3. The first-order valence-electron chi connectivity index (χ1n) is 20.7. The summed E-state index contributed by atoms with van der Waals surface area (Å²) in [5.41, 5.74) is 0. The van der Waals surface area contributed by atoms with Gasteiger partial charge in [0.15, 0.2) is 0 Å². The lowest BCUT2D eigenvalue weighted by molar-refractivity contribution is -0.144. The van der Waals surface area contributed by atoms with Crippen molar-refractivity contribution in [1.29, 1.82) is 0 Å². The zero-order valence-corrected chi connectivity index (χ0v) is 35.9. The Labute approximate surface area is 312 Å². The number of carbonyl (C=O) groups excluding carboxylic acids is 2. The Morgan fingerprint density at radius 2 is 0.920 bits per heavy atom. The second-order valence-electron chi connectivity index (χ2n) is 16.5. The average Bonchev–Trinajstić information content (AvgIpc) is 3.03. The van der Waals surface area contributed by atoms with Gasteiger partial charge in [-0.25, -0.2) is 0 Å². The number of unbranched alkanes of at least 4 members (excludes halogenated alkanes) is 8. The van der Waals surface area contributed by atoms with E-state index in [0.29, 0.717) is 45.2 Å². The van der Waals surface area contributed by atoms with Gasteiger partial charge < -0.3 is 19.3 Å². The van der Waals surface area contributed by atoms with Gasteiger partial charge in [0.25, 0.3) is 0 Å². The number of esters is 2. The number of hydrogen-bond donors (Lipinski definition) is 0. The lowest BCUT2D eigenvalue weighted by Gasteiger charge is -2.34. The molecule has 1 rings (SSSR count). The van der Waals surface area contributed by atoms with Crippen LogP contribution in [0.15, 0.2) is 0 Å². The predicted molar refractivity (Wildman–Crippen MR) is 216 cm³/mol. The van der Waals surface area contributed by atoms with E-state index >= 15 is 0 Å². The van der Waals surface area contributed by atoms with Crippen molar-refractivity contribution >= 4 is 11.9 Å². The molecule has 0 amide bonds. The summed E-state index contributed by atoms with van der Waals surface area (Å²) in [5.74, 6) is 1.30. The molecule has 0 N–H and O–H groups in total. The van der Waals surface area contributed by atoms with Crippen molar-refractivity contribution < 1.29 is 19.1 Å². The maximum atomic E-state index is 12.1. The summed E-state index contributed by atoms with van der Waals surface area (Å²) in [7, 11) is 6.34. The number of carbonyl (C=O) groups is 2. The van der Waals surface area contributed by atoms with Crippen LogP contribution in [0.1, 0.15) is 159 Å². The molecule has 1 saturated heterocycles. The van der Waals surface area contributed by atoms with Gasteiger partial charge in [-0.1, -0.05) is 91.9 Å². The van der Waals surface area contributed by atoms with Gasteiger partial charge in [-0.3, -0.25) is 19.4 Å². The van der Waals surface area contributed by atoms with E-state index in [0.717, 1.165) is 43.6 Å². The molecular formula is C42H88N4O4. The topological polar surface area (TPSA) is 65.6 Å². The maximum Gasteiger partial charge on any atom is 0.307 e. The highest BCUT2D eigenvalue weighted by atomic mass is 16.5. The second kappa shape index (κ2) is 33.6. The van der Waals surface area contributed by atoms with Crippen molar-refractivity contribution in [1.82, 2.24) is 19.6 Å². The highest BCUT2D eigenvalue weighted by molar-refractivity contribution is 5.70. The quantitative estimate of drug-likeness (QED) is 0.0686. The second-order valence-corrected chi connectivity index (χ2v) is 16.5. The van der Waals surface area contributed by atoms with E-state index in [9.17, 15) is 9.59 Å². The summed E-state index contributed by atoms with van der Waals surface area (Å²) in [4.78, 5) is 33.4. The van der Waals surface area contributed by atoms with Crippen LogP contribution in [0.3, 0.4) is 0 Å². The SMILES string of the molecule is CC(C)CCCCCCCOC(=O)CCN(CCC(=O)OCCCCCCCC(C)C)C(C)C.CC(C)N(C)C.CC(C)N1CCN(C)CC1. The molecule has 8 heteroatoms. The van der Waals surface area contributed by atoms with E-state index in [-0.39, 0.29) is 18.0 Å². The Kier molecular flexibility index (Phi) is 34.2. The molecule has 300 valence electrons. The zero-order valence-electron chi connectivity index (χ0n) is 35.9. The van der Waals surface area contributed by atoms with Gasteiger partial charge in [0.05, 0.1) is 26.1 Å². The Morgan fingerprint density at radius 3 is 1.24 bits per heavy atom. The molecule has 0 aromatic rings. The molecule has 1 fully saturated rings. The minimum Gasteiger partial charge on any atom is -0.466 e. The molecule has 8 nitrogen and oxygen atoms in total. The number of hydrogen-bond acceptors (Lipinski definition) is 8. The fraction of sp³-hybridized carbons (Fsp3) is 0.952. The Bertz CT molecular complexity index is 719. The van der Waals surface area contributed by atoms with Crippen molar-refractivity contribution in [3.05, 3.63) is 0 Å². The largest absolute Gasteiger partial charge is 0.466 e. The third-order valence-electron chi connectivity index (χ3n) is 9.62. The van der Waals surface area contributed by atoms with Crippen molar-refractivity contribution in [3.8, 4) is 0 Å².